The van der Waals surface area contributed by atoms with Crippen LogP contribution in [0.25, 0.3) is 0 Å². The third kappa shape index (κ3) is 3.68. The first kappa shape index (κ1) is 15.7. The van der Waals surface area contributed by atoms with Crippen molar-refractivity contribution in [2.75, 3.05) is 12.3 Å². The van der Waals surface area contributed by atoms with E-state index in [0.717, 1.165) is 17.7 Å². The van der Waals surface area contributed by atoms with Crippen molar-refractivity contribution in [1.82, 2.24) is 4.90 Å². The van der Waals surface area contributed by atoms with E-state index in [4.69, 9.17) is 5.73 Å². The monoisotopic (exact) mass is 300 g/mol. The minimum Gasteiger partial charge on any atom is -0.398 e. The predicted octanol–water partition coefficient (Wildman–Crippen LogP) is 3.38. The molecule has 0 aromatic heterocycles. The van der Waals surface area contributed by atoms with Gasteiger partial charge in [0.25, 0.3) is 5.91 Å². The zero-order valence-electron chi connectivity index (χ0n) is 12.1. The Hall–Kier alpha value is -1.72. The fourth-order valence-electron chi connectivity index (χ4n) is 2.47. The topological polar surface area (TPSA) is 46.3 Å². The highest BCUT2D eigenvalue weighted by molar-refractivity contribution is 5.97. The second-order valence-corrected chi connectivity index (χ2v) is 5.65. The highest BCUT2D eigenvalue weighted by Crippen LogP contribution is 2.37. The van der Waals surface area contributed by atoms with Gasteiger partial charge in [-0.25, -0.2) is 0 Å². The fourth-order valence-corrected chi connectivity index (χ4v) is 2.47. The Labute approximate surface area is 121 Å². The third-order valence-corrected chi connectivity index (χ3v) is 4.01. The largest absolute Gasteiger partial charge is 0.406 e. The molecule has 2 N–H and O–H groups in total. The maximum atomic E-state index is 12.8. The van der Waals surface area contributed by atoms with Crippen LogP contribution in [0, 0.1) is 12.8 Å². The number of alkyl halides is 3. The molecule has 21 heavy (non-hydrogen) atoms. The highest BCUT2D eigenvalue weighted by atomic mass is 19.4. The first-order chi connectivity index (χ1) is 9.70. The molecule has 1 aliphatic rings. The number of halogens is 3. The lowest BCUT2D eigenvalue weighted by Crippen LogP contribution is -2.45. The highest BCUT2D eigenvalue weighted by Gasteiger charge is 2.41. The summed E-state index contributed by atoms with van der Waals surface area (Å²) in [6.45, 7) is 2.11. The molecular weight excluding hydrogens is 281 g/mol. The van der Waals surface area contributed by atoms with Crippen molar-refractivity contribution in [2.45, 2.75) is 38.9 Å². The van der Waals surface area contributed by atoms with E-state index in [1.807, 2.05) is 0 Å². The molecule has 1 amide bonds. The normalized spacial score (nSPS) is 16.6. The zero-order valence-corrected chi connectivity index (χ0v) is 12.1. The summed E-state index contributed by atoms with van der Waals surface area (Å²) in [5, 5.41) is 0. The van der Waals surface area contributed by atoms with Gasteiger partial charge < -0.3 is 10.6 Å². The number of benzene rings is 1. The number of amides is 1. The Kier molecular flexibility index (Phi) is 4.16. The molecule has 0 bridgehead atoms. The second-order valence-electron chi connectivity index (χ2n) is 5.65. The van der Waals surface area contributed by atoms with Crippen LogP contribution in [0.15, 0.2) is 18.2 Å². The van der Waals surface area contributed by atoms with Gasteiger partial charge in [-0.05, 0) is 50.3 Å². The van der Waals surface area contributed by atoms with Gasteiger partial charge in [-0.1, -0.05) is 6.07 Å². The van der Waals surface area contributed by atoms with Gasteiger partial charge in [-0.15, -0.1) is 0 Å². The van der Waals surface area contributed by atoms with E-state index in [0.29, 0.717) is 11.3 Å². The average molecular weight is 300 g/mol. The van der Waals surface area contributed by atoms with E-state index in [9.17, 15) is 18.0 Å². The van der Waals surface area contributed by atoms with Crippen molar-refractivity contribution < 1.29 is 18.0 Å². The van der Waals surface area contributed by atoms with E-state index in [1.165, 1.54) is 6.07 Å². The minimum atomic E-state index is -4.41. The van der Waals surface area contributed by atoms with Gasteiger partial charge in [-0.2, -0.15) is 13.2 Å². The van der Waals surface area contributed by atoms with Gasteiger partial charge in [0, 0.05) is 17.3 Å². The maximum Gasteiger partial charge on any atom is 0.406 e. The number of nitrogen functional groups attached to an aromatic ring is 1. The molecule has 1 aromatic carbocycles. The molecule has 116 valence electrons. The predicted molar refractivity (Wildman–Crippen MR) is 74.9 cm³/mol. The molecule has 1 fully saturated rings. The first-order valence-corrected chi connectivity index (χ1v) is 6.93. The number of hydrogen-bond donors (Lipinski definition) is 1. The number of nitrogens with two attached hydrogens (primary N) is 1. The lowest BCUT2D eigenvalue weighted by molar-refractivity contribution is -0.144. The van der Waals surface area contributed by atoms with E-state index in [-0.39, 0.29) is 11.5 Å². The van der Waals surface area contributed by atoms with Crippen LogP contribution in [-0.4, -0.2) is 29.6 Å². The quantitative estimate of drug-likeness (QED) is 0.866. The Bertz CT molecular complexity index is 538. The van der Waals surface area contributed by atoms with Crippen molar-refractivity contribution in [3.8, 4) is 0 Å². The number of rotatable bonds is 4. The third-order valence-electron chi connectivity index (χ3n) is 4.01. The number of carbonyl (C=O) groups is 1. The van der Waals surface area contributed by atoms with Crippen LogP contribution in [0.5, 0.6) is 0 Å². The standard InChI is InChI=1S/C15H19F3N2O/c1-9-12(4-3-5-13(9)19)14(21)20(8-15(16,17)18)10(2)11-6-7-11/h3-5,10-11H,6-8,19H2,1-2H3. The Morgan fingerprint density at radius 3 is 2.57 bits per heavy atom. The number of nitrogens with zero attached hydrogens (tertiary/aromatic N) is 1. The molecular formula is C15H19F3N2O. The molecule has 1 aromatic rings. The van der Waals surface area contributed by atoms with Crippen LogP contribution in [0.2, 0.25) is 0 Å². The van der Waals surface area contributed by atoms with Gasteiger partial charge in [-0.3, -0.25) is 4.79 Å². The molecule has 0 aliphatic heterocycles. The summed E-state index contributed by atoms with van der Waals surface area (Å²) in [7, 11) is 0. The van der Waals surface area contributed by atoms with Crippen LogP contribution in [0.1, 0.15) is 35.7 Å². The summed E-state index contributed by atoms with van der Waals surface area (Å²) in [6.07, 6.45) is -2.66. The number of hydrogen-bond acceptors (Lipinski definition) is 2. The van der Waals surface area contributed by atoms with E-state index in [2.05, 4.69) is 0 Å². The van der Waals surface area contributed by atoms with Crippen molar-refractivity contribution in [3.63, 3.8) is 0 Å². The molecule has 0 radical (unpaired) electrons. The zero-order chi connectivity index (χ0) is 15.8. The first-order valence-electron chi connectivity index (χ1n) is 6.93. The van der Waals surface area contributed by atoms with Crippen LogP contribution in [0.3, 0.4) is 0 Å². The molecule has 1 aliphatic carbocycles. The lowest BCUT2D eigenvalue weighted by atomic mass is 10.0. The van der Waals surface area contributed by atoms with E-state index in [1.54, 1.807) is 26.0 Å². The van der Waals surface area contributed by atoms with Crippen molar-refractivity contribution in [3.05, 3.63) is 29.3 Å². The minimum absolute atomic E-state index is 0.165. The fraction of sp³-hybridized carbons (Fsp3) is 0.533. The molecule has 1 unspecified atom stereocenters. The van der Waals surface area contributed by atoms with Gasteiger partial charge in [0.2, 0.25) is 0 Å². The summed E-state index contributed by atoms with van der Waals surface area (Å²) >= 11 is 0. The summed E-state index contributed by atoms with van der Waals surface area (Å²) in [5.41, 5.74) is 6.92. The SMILES string of the molecule is Cc1c(N)cccc1C(=O)N(CC(F)(F)F)C(C)C1CC1. The Balaban J connectivity index is 2.30. The van der Waals surface area contributed by atoms with Crippen molar-refractivity contribution >= 4 is 11.6 Å². The summed E-state index contributed by atoms with van der Waals surface area (Å²) in [5.74, 6) is -0.436. The van der Waals surface area contributed by atoms with Crippen LogP contribution >= 0.6 is 0 Å². The molecule has 6 heteroatoms. The maximum absolute atomic E-state index is 12.8. The smallest absolute Gasteiger partial charge is 0.398 e. The van der Waals surface area contributed by atoms with Crippen LogP contribution < -0.4 is 5.73 Å². The second kappa shape index (κ2) is 5.58. The van der Waals surface area contributed by atoms with Gasteiger partial charge in [0.15, 0.2) is 0 Å². The van der Waals surface area contributed by atoms with E-state index < -0.39 is 24.7 Å². The molecule has 1 atom stereocenters. The van der Waals surface area contributed by atoms with Gasteiger partial charge >= 0.3 is 6.18 Å². The summed E-state index contributed by atoms with van der Waals surface area (Å²) < 4.78 is 38.4. The van der Waals surface area contributed by atoms with Crippen LogP contribution in [0.4, 0.5) is 18.9 Å². The molecule has 1 saturated carbocycles. The molecule has 3 nitrogen and oxygen atoms in total. The summed E-state index contributed by atoms with van der Waals surface area (Å²) in [6, 6.07) is 4.32. The van der Waals surface area contributed by atoms with Gasteiger partial charge in [0.1, 0.15) is 6.54 Å². The number of anilines is 1. The molecule has 2 rings (SSSR count). The van der Waals surface area contributed by atoms with Crippen molar-refractivity contribution in [1.29, 1.82) is 0 Å². The Morgan fingerprint density at radius 1 is 1.43 bits per heavy atom. The van der Waals surface area contributed by atoms with Gasteiger partial charge in [0.05, 0.1) is 0 Å². The summed E-state index contributed by atoms with van der Waals surface area (Å²) in [4.78, 5) is 13.5. The number of carbonyl (C=O) groups excluding carboxylic acids is 1. The Morgan fingerprint density at radius 2 is 2.05 bits per heavy atom. The average Bonchev–Trinajstić information content (AvgIpc) is 3.21. The van der Waals surface area contributed by atoms with Crippen LogP contribution in [-0.2, 0) is 0 Å². The lowest BCUT2D eigenvalue weighted by Gasteiger charge is -2.31. The molecule has 0 saturated heterocycles. The molecule has 0 spiro atoms. The molecule has 0 heterocycles. The van der Waals surface area contributed by atoms with Crippen molar-refractivity contribution in [2.24, 2.45) is 5.92 Å². The van der Waals surface area contributed by atoms with E-state index >= 15 is 0 Å².